The second kappa shape index (κ2) is 16.1. The molecular formula is C22H34N4O8S2. The quantitative estimate of drug-likeness (QED) is 0.117. The summed E-state index contributed by atoms with van der Waals surface area (Å²) in [4.78, 5) is 74.4. The highest BCUT2D eigenvalue weighted by Crippen LogP contribution is 2.08. The first-order chi connectivity index (χ1) is 17.0. The zero-order valence-electron chi connectivity index (χ0n) is 20.2. The Bertz CT molecular complexity index is 852. The molecule has 1 aliphatic rings. The Morgan fingerprint density at radius 3 is 2.31 bits per heavy atom. The number of carboxylic acids is 1. The zero-order chi connectivity index (χ0) is 27.3. The van der Waals surface area contributed by atoms with Crippen LogP contribution in [0.15, 0.2) is 12.2 Å². The predicted octanol–water partition coefficient (Wildman–Crippen LogP) is -0.801. The summed E-state index contributed by atoms with van der Waals surface area (Å²) in [5, 5.41) is 18.9. The van der Waals surface area contributed by atoms with Gasteiger partial charge in [-0.05, 0) is 30.6 Å². The second-order valence-electron chi connectivity index (χ2n) is 8.42. The molecule has 1 fully saturated rings. The van der Waals surface area contributed by atoms with E-state index in [9.17, 15) is 28.8 Å². The third-order valence-corrected chi connectivity index (χ3v) is 5.71. The Balaban J connectivity index is 3.28. The Morgan fingerprint density at radius 2 is 1.72 bits per heavy atom. The number of hydrogen-bond donors (Lipinski definition) is 7. The fourth-order valence-corrected chi connectivity index (χ4v) is 3.59. The van der Waals surface area contributed by atoms with E-state index in [0.717, 1.165) is 0 Å². The van der Waals surface area contributed by atoms with E-state index in [1.807, 2.05) is 0 Å². The highest BCUT2D eigenvalue weighted by atomic mass is 32.1. The van der Waals surface area contributed by atoms with Crippen LogP contribution < -0.4 is 21.3 Å². The molecule has 5 N–H and O–H groups in total. The Labute approximate surface area is 220 Å². The van der Waals surface area contributed by atoms with Crippen molar-refractivity contribution in [1.82, 2.24) is 21.3 Å². The molecule has 1 aliphatic heterocycles. The summed E-state index contributed by atoms with van der Waals surface area (Å²) in [5.74, 6) is -4.79. The highest BCUT2D eigenvalue weighted by Gasteiger charge is 2.31. The van der Waals surface area contributed by atoms with Crippen molar-refractivity contribution in [3.8, 4) is 0 Å². The molecule has 0 aliphatic carbocycles. The van der Waals surface area contributed by atoms with E-state index in [1.165, 1.54) is 6.08 Å². The van der Waals surface area contributed by atoms with Crippen LogP contribution in [0.25, 0.3) is 0 Å². The Kier molecular flexibility index (Phi) is 14.0. The molecule has 0 unspecified atom stereocenters. The van der Waals surface area contributed by atoms with Crippen molar-refractivity contribution in [3.05, 3.63) is 12.2 Å². The summed E-state index contributed by atoms with van der Waals surface area (Å²) in [6.07, 6.45) is 1.68. The van der Waals surface area contributed by atoms with Gasteiger partial charge in [-0.1, -0.05) is 19.9 Å². The standard InChI is InChI=1S/C22H34N4O8S2/c1-12(2)19-22(33)23-10-18(30)34-13(5-3-4-8-35)9-16(27)24-14(6-7-17(28)29)20(31)25-15(11-36)21(32)26-19/h3,5,12-15,19,35-36H,4,6-11H2,1-2H3,(H,23,33)(H,24,27)(H,25,31)(H,26,32)(H,28,29)/b5-3+/t13-,14-,15-,19-/m1/s1. The minimum absolute atomic E-state index is 0.131. The van der Waals surface area contributed by atoms with Gasteiger partial charge in [0.1, 0.15) is 30.8 Å². The second-order valence-corrected chi connectivity index (χ2v) is 9.23. The molecule has 0 spiro atoms. The van der Waals surface area contributed by atoms with Gasteiger partial charge in [-0.25, -0.2) is 0 Å². The van der Waals surface area contributed by atoms with Gasteiger partial charge in [0.25, 0.3) is 0 Å². The lowest BCUT2D eigenvalue weighted by atomic mass is 10.0. The number of carboxylic acid groups (broad SMARTS) is 1. The normalized spacial score (nSPS) is 25.1. The third-order valence-electron chi connectivity index (χ3n) is 5.08. The maximum absolute atomic E-state index is 12.9. The van der Waals surface area contributed by atoms with Crippen molar-refractivity contribution >= 4 is 60.8 Å². The highest BCUT2D eigenvalue weighted by molar-refractivity contribution is 7.80. The van der Waals surface area contributed by atoms with Crippen LogP contribution in [-0.4, -0.2) is 83.0 Å². The number of nitrogens with one attached hydrogen (secondary N) is 4. The van der Waals surface area contributed by atoms with E-state index in [4.69, 9.17) is 9.84 Å². The summed E-state index contributed by atoms with van der Waals surface area (Å²) in [6, 6.07) is -3.47. The molecule has 1 heterocycles. The summed E-state index contributed by atoms with van der Waals surface area (Å²) in [5.41, 5.74) is 0. The monoisotopic (exact) mass is 546 g/mol. The molecule has 14 heteroatoms. The number of ether oxygens (including phenoxy) is 1. The van der Waals surface area contributed by atoms with E-state index in [-0.39, 0.29) is 24.5 Å². The number of thiol groups is 2. The molecule has 0 radical (unpaired) electrons. The SMILES string of the molecule is CC(C)[C@H]1NC(=O)[C@@H](CS)NC(=O)[C@@H](CCC(=O)O)NC(=O)C[C@@H](/C=C/CCS)OC(=O)CNC1=O. The van der Waals surface area contributed by atoms with Crippen molar-refractivity contribution in [3.63, 3.8) is 0 Å². The van der Waals surface area contributed by atoms with Crippen molar-refractivity contribution in [1.29, 1.82) is 0 Å². The van der Waals surface area contributed by atoms with Crippen LogP contribution in [0.3, 0.4) is 0 Å². The summed E-state index contributed by atoms with van der Waals surface area (Å²) in [6.45, 7) is 2.88. The van der Waals surface area contributed by atoms with Crippen LogP contribution in [0.1, 0.15) is 39.5 Å². The van der Waals surface area contributed by atoms with E-state index in [0.29, 0.717) is 12.2 Å². The molecule has 4 atom stereocenters. The zero-order valence-corrected chi connectivity index (χ0v) is 22.0. The van der Waals surface area contributed by atoms with Gasteiger partial charge in [0.2, 0.25) is 23.6 Å². The summed E-state index contributed by atoms with van der Waals surface area (Å²) in [7, 11) is 0. The van der Waals surface area contributed by atoms with Gasteiger partial charge in [0.15, 0.2) is 0 Å². The van der Waals surface area contributed by atoms with Crippen LogP contribution in [0.4, 0.5) is 0 Å². The van der Waals surface area contributed by atoms with Crippen LogP contribution in [0, 0.1) is 5.92 Å². The van der Waals surface area contributed by atoms with E-state index in [1.54, 1.807) is 19.9 Å². The molecule has 0 aromatic carbocycles. The molecule has 0 aromatic rings. The maximum atomic E-state index is 12.9. The maximum Gasteiger partial charge on any atom is 0.326 e. The Morgan fingerprint density at radius 1 is 1.06 bits per heavy atom. The molecule has 4 amide bonds. The van der Waals surface area contributed by atoms with Gasteiger partial charge >= 0.3 is 11.9 Å². The number of amides is 4. The smallest absolute Gasteiger partial charge is 0.326 e. The number of allylic oxidation sites excluding steroid dienone is 1. The fraction of sp³-hybridized carbons (Fsp3) is 0.636. The van der Waals surface area contributed by atoms with Gasteiger partial charge in [-0.3, -0.25) is 28.8 Å². The first kappa shape index (κ1) is 31.3. The van der Waals surface area contributed by atoms with Crippen LogP contribution >= 0.6 is 25.3 Å². The lowest BCUT2D eigenvalue weighted by molar-refractivity contribution is -0.149. The lowest BCUT2D eigenvalue weighted by Crippen LogP contribution is -2.58. The molecular weight excluding hydrogens is 512 g/mol. The largest absolute Gasteiger partial charge is 0.481 e. The predicted molar refractivity (Wildman–Crippen MR) is 136 cm³/mol. The number of carbonyl (C=O) groups excluding carboxylic acids is 5. The van der Waals surface area contributed by atoms with Crippen molar-refractivity contribution < 1.29 is 38.6 Å². The van der Waals surface area contributed by atoms with Gasteiger partial charge in [-0.15, -0.1) is 0 Å². The topological polar surface area (TPSA) is 180 Å². The molecule has 1 saturated heterocycles. The van der Waals surface area contributed by atoms with Crippen molar-refractivity contribution in [2.45, 2.75) is 63.8 Å². The van der Waals surface area contributed by atoms with Gasteiger partial charge < -0.3 is 31.1 Å². The molecule has 202 valence electrons. The number of esters is 1. The van der Waals surface area contributed by atoms with Crippen LogP contribution in [0.5, 0.6) is 0 Å². The number of carbonyl (C=O) groups is 6. The van der Waals surface area contributed by atoms with Gasteiger partial charge in [0.05, 0.1) is 6.42 Å². The third kappa shape index (κ3) is 11.3. The van der Waals surface area contributed by atoms with Crippen molar-refractivity contribution in [2.24, 2.45) is 5.92 Å². The molecule has 36 heavy (non-hydrogen) atoms. The molecule has 0 saturated carbocycles. The van der Waals surface area contributed by atoms with Crippen LogP contribution in [0.2, 0.25) is 0 Å². The lowest BCUT2D eigenvalue weighted by Gasteiger charge is -2.26. The molecule has 0 bridgehead atoms. The average Bonchev–Trinajstić information content (AvgIpc) is 2.80. The molecule has 0 aromatic heterocycles. The van der Waals surface area contributed by atoms with E-state index in [2.05, 4.69) is 46.5 Å². The molecule has 12 nitrogen and oxygen atoms in total. The van der Waals surface area contributed by atoms with Crippen LogP contribution in [-0.2, 0) is 33.5 Å². The van der Waals surface area contributed by atoms with E-state index >= 15 is 0 Å². The number of hydrogen-bond acceptors (Lipinski definition) is 9. The van der Waals surface area contributed by atoms with Gasteiger partial charge in [0, 0.05) is 12.2 Å². The van der Waals surface area contributed by atoms with E-state index < -0.39 is 72.8 Å². The molecule has 1 rings (SSSR count). The van der Waals surface area contributed by atoms with Gasteiger partial charge in [-0.2, -0.15) is 25.3 Å². The minimum Gasteiger partial charge on any atom is -0.481 e. The first-order valence-electron chi connectivity index (χ1n) is 11.5. The fourth-order valence-electron chi connectivity index (χ4n) is 3.18. The Hall–Kier alpha value is -2.74. The average molecular weight is 547 g/mol. The number of cyclic esters (lactones) is 1. The van der Waals surface area contributed by atoms with Crippen molar-refractivity contribution in [2.75, 3.05) is 18.1 Å². The first-order valence-corrected chi connectivity index (χ1v) is 12.7. The number of rotatable bonds is 8. The summed E-state index contributed by atoms with van der Waals surface area (Å²) < 4.78 is 5.31. The minimum atomic E-state index is -1.28. The summed E-state index contributed by atoms with van der Waals surface area (Å²) >= 11 is 8.19. The number of aliphatic carboxylic acids is 1.